The largest absolute Gasteiger partial charge is 0.394 e. The van der Waals surface area contributed by atoms with Gasteiger partial charge >= 0.3 is 0 Å². The van der Waals surface area contributed by atoms with E-state index in [2.05, 4.69) is 0 Å². The first-order chi connectivity index (χ1) is 11.3. The van der Waals surface area contributed by atoms with Crippen LogP contribution in [-0.2, 0) is 18.9 Å². The van der Waals surface area contributed by atoms with E-state index in [1.807, 2.05) is 13.8 Å². The maximum Gasteiger partial charge on any atom is 0.161 e. The molecule has 0 amide bonds. The summed E-state index contributed by atoms with van der Waals surface area (Å²) in [7, 11) is 0. The molecule has 24 heavy (non-hydrogen) atoms. The number of aliphatic hydroxyl groups is 5. The normalized spacial score (nSPS) is 44.0. The van der Waals surface area contributed by atoms with Crippen molar-refractivity contribution in [1.29, 1.82) is 0 Å². The molecule has 5 unspecified atom stereocenters. The molecule has 9 heteroatoms. The topological polar surface area (TPSA) is 138 Å². The van der Waals surface area contributed by atoms with E-state index in [-0.39, 0.29) is 25.6 Å². The second-order valence-electron chi connectivity index (χ2n) is 6.45. The molecule has 2 saturated heterocycles. The monoisotopic (exact) mass is 352 g/mol. The Morgan fingerprint density at radius 2 is 1.50 bits per heavy atom. The van der Waals surface area contributed by atoms with Crippen LogP contribution >= 0.6 is 0 Å². The van der Waals surface area contributed by atoms with Crippen molar-refractivity contribution >= 4 is 0 Å². The summed E-state index contributed by atoms with van der Waals surface area (Å²) in [5.41, 5.74) is 0. The van der Waals surface area contributed by atoms with E-state index in [1.165, 1.54) is 0 Å². The third kappa shape index (κ3) is 4.84. The molecular formula is C15H28O9. The van der Waals surface area contributed by atoms with Gasteiger partial charge in [0.05, 0.1) is 31.5 Å². The zero-order valence-electron chi connectivity index (χ0n) is 13.9. The summed E-state index contributed by atoms with van der Waals surface area (Å²) in [6.45, 7) is 2.82. The smallest absolute Gasteiger partial charge is 0.161 e. The minimum Gasteiger partial charge on any atom is -0.394 e. The Hall–Kier alpha value is -0.360. The molecule has 0 aromatic heterocycles. The molecule has 2 rings (SSSR count). The third-order valence-corrected chi connectivity index (χ3v) is 4.12. The number of aliphatic hydroxyl groups excluding tert-OH is 5. The SMILES string of the molecule is CC(C)O[C@H]1C(O)C[C@@H](O[C@H]2C(O)CC(O)OC2CO)OC1CO. The third-order valence-electron chi connectivity index (χ3n) is 4.12. The molecule has 2 aliphatic rings. The van der Waals surface area contributed by atoms with Crippen LogP contribution < -0.4 is 0 Å². The summed E-state index contributed by atoms with van der Waals surface area (Å²) in [6, 6.07) is 0. The molecule has 2 heterocycles. The maximum atomic E-state index is 10.3. The van der Waals surface area contributed by atoms with Crippen LogP contribution in [0.4, 0.5) is 0 Å². The first-order valence-corrected chi connectivity index (χ1v) is 8.23. The van der Waals surface area contributed by atoms with Gasteiger partial charge in [0.2, 0.25) is 0 Å². The highest BCUT2D eigenvalue weighted by Crippen LogP contribution is 2.29. The molecule has 0 spiro atoms. The summed E-state index contributed by atoms with van der Waals surface area (Å²) < 4.78 is 22.0. The Labute approximate surface area is 140 Å². The van der Waals surface area contributed by atoms with Gasteiger partial charge in [-0.25, -0.2) is 0 Å². The van der Waals surface area contributed by atoms with Gasteiger partial charge in [0, 0.05) is 12.8 Å². The number of hydrogen-bond acceptors (Lipinski definition) is 9. The van der Waals surface area contributed by atoms with Crippen molar-refractivity contribution < 1.29 is 44.5 Å². The van der Waals surface area contributed by atoms with Gasteiger partial charge in [0.1, 0.15) is 24.4 Å². The van der Waals surface area contributed by atoms with Gasteiger partial charge in [0.25, 0.3) is 0 Å². The second-order valence-corrected chi connectivity index (χ2v) is 6.45. The average Bonchev–Trinajstić information content (AvgIpc) is 2.51. The van der Waals surface area contributed by atoms with Gasteiger partial charge < -0.3 is 44.5 Å². The molecule has 0 aromatic carbocycles. The van der Waals surface area contributed by atoms with Gasteiger partial charge in [-0.15, -0.1) is 0 Å². The first kappa shape index (κ1) is 20.0. The molecule has 0 aliphatic carbocycles. The molecule has 8 atom stereocenters. The fraction of sp³-hybridized carbons (Fsp3) is 1.00. The van der Waals surface area contributed by atoms with Crippen LogP contribution in [0.15, 0.2) is 0 Å². The van der Waals surface area contributed by atoms with Crippen molar-refractivity contribution in [3.8, 4) is 0 Å². The molecule has 0 radical (unpaired) electrons. The van der Waals surface area contributed by atoms with E-state index in [0.29, 0.717) is 0 Å². The average molecular weight is 352 g/mol. The Kier molecular flexibility index (Phi) is 7.35. The van der Waals surface area contributed by atoms with Crippen molar-refractivity contribution in [2.24, 2.45) is 0 Å². The van der Waals surface area contributed by atoms with Crippen molar-refractivity contribution in [3.63, 3.8) is 0 Å². The summed E-state index contributed by atoms with van der Waals surface area (Å²) >= 11 is 0. The van der Waals surface area contributed by atoms with Crippen LogP contribution in [0.5, 0.6) is 0 Å². The second kappa shape index (κ2) is 8.84. The van der Waals surface area contributed by atoms with E-state index in [9.17, 15) is 25.5 Å². The van der Waals surface area contributed by atoms with E-state index in [1.54, 1.807) is 0 Å². The Bertz CT molecular complexity index is 380. The molecule has 5 N–H and O–H groups in total. The highest BCUT2D eigenvalue weighted by molar-refractivity contribution is 4.88. The summed E-state index contributed by atoms with van der Waals surface area (Å²) in [5, 5.41) is 48.6. The molecule has 0 saturated carbocycles. The van der Waals surface area contributed by atoms with Gasteiger partial charge in [0.15, 0.2) is 12.6 Å². The van der Waals surface area contributed by atoms with Crippen LogP contribution in [0.3, 0.4) is 0 Å². The van der Waals surface area contributed by atoms with E-state index in [0.717, 1.165) is 0 Å². The maximum absolute atomic E-state index is 10.3. The van der Waals surface area contributed by atoms with Crippen LogP contribution in [-0.4, -0.2) is 94.1 Å². The van der Waals surface area contributed by atoms with Gasteiger partial charge in [-0.05, 0) is 13.8 Å². The predicted molar refractivity (Wildman–Crippen MR) is 79.8 cm³/mol. The summed E-state index contributed by atoms with van der Waals surface area (Å²) in [6.07, 6.45) is -7.46. The van der Waals surface area contributed by atoms with E-state index >= 15 is 0 Å². The lowest BCUT2D eigenvalue weighted by Gasteiger charge is -2.43. The van der Waals surface area contributed by atoms with Crippen molar-refractivity contribution in [2.45, 2.75) is 82.0 Å². The summed E-state index contributed by atoms with van der Waals surface area (Å²) in [4.78, 5) is 0. The molecule has 9 nitrogen and oxygen atoms in total. The number of ether oxygens (including phenoxy) is 4. The Morgan fingerprint density at radius 1 is 0.917 bits per heavy atom. The van der Waals surface area contributed by atoms with Crippen LogP contribution in [0.1, 0.15) is 26.7 Å². The molecule has 0 bridgehead atoms. The lowest BCUT2D eigenvalue weighted by molar-refractivity contribution is -0.320. The van der Waals surface area contributed by atoms with E-state index in [4.69, 9.17) is 18.9 Å². The zero-order chi connectivity index (χ0) is 17.9. The van der Waals surface area contributed by atoms with Crippen LogP contribution in [0.2, 0.25) is 0 Å². The Morgan fingerprint density at radius 3 is 2.08 bits per heavy atom. The molecule has 2 aliphatic heterocycles. The van der Waals surface area contributed by atoms with Gasteiger partial charge in [-0.1, -0.05) is 0 Å². The van der Waals surface area contributed by atoms with Crippen LogP contribution in [0, 0.1) is 0 Å². The van der Waals surface area contributed by atoms with Crippen molar-refractivity contribution in [2.75, 3.05) is 13.2 Å². The lowest BCUT2D eigenvalue weighted by atomic mass is 9.99. The fourth-order valence-electron chi connectivity index (χ4n) is 3.06. The first-order valence-electron chi connectivity index (χ1n) is 8.23. The predicted octanol–water partition coefficient (Wildman–Crippen LogP) is -1.91. The lowest BCUT2D eigenvalue weighted by Crippen LogP contribution is -2.57. The highest BCUT2D eigenvalue weighted by Gasteiger charge is 2.44. The van der Waals surface area contributed by atoms with Gasteiger partial charge in [-0.2, -0.15) is 0 Å². The molecular weight excluding hydrogens is 324 g/mol. The Balaban J connectivity index is 2.00. The fourth-order valence-corrected chi connectivity index (χ4v) is 3.06. The summed E-state index contributed by atoms with van der Waals surface area (Å²) in [5.74, 6) is 0. The van der Waals surface area contributed by atoms with Crippen molar-refractivity contribution in [3.05, 3.63) is 0 Å². The molecule has 2 fully saturated rings. The van der Waals surface area contributed by atoms with E-state index < -0.39 is 55.8 Å². The quantitative estimate of drug-likeness (QED) is 0.371. The molecule has 142 valence electrons. The minimum atomic E-state index is -1.18. The minimum absolute atomic E-state index is 0.0566. The van der Waals surface area contributed by atoms with Gasteiger partial charge in [-0.3, -0.25) is 0 Å². The van der Waals surface area contributed by atoms with Crippen LogP contribution in [0.25, 0.3) is 0 Å². The zero-order valence-corrected chi connectivity index (χ0v) is 13.9. The molecule has 0 aromatic rings. The number of hydrogen-bond donors (Lipinski definition) is 5. The van der Waals surface area contributed by atoms with Crippen molar-refractivity contribution in [1.82, 2.24) is 0 Å². The standard InChI is InChI=1S/C15H28O9/c1-7(2)21-14-9(19)4-13(23-11(14)6-17)24-15-8(18)3-12(20)22-10(15)5-16/h7-20H,3-6H2,1-2H3/t8?,9?,10?,11?,12?,13-,14+,15+/m1/s1. The highest BCUT2D eigenvalue weighted by atomic mass is 16.7. The number of rotatable bonds is 6.